The smallest absolute Gasteiger partial charge is 0.355 e. The van der Waals surface area contributed by atoms with Crippen molar-refractivity contribution < 1.29 is 18.0 Å². The zero-order valence-electron chi connectivity index (χ0n) is 16.3. The minimum atomic E-state index is -4.65. The second-order valence-electron chi connectivity index (χ2n) is 7.34. The zero-order chi connectivity index (χ0) is 22.5. The van der Waals surface area contributed by atoms with E-state index in [4.69, 9.17) is 11.6 Å². The van der Waals surface area contributed by atoms with Crippen molar-refractivity contribution in [1.82, 2.24) is 24.8 Å². The van der Waals surface area contributed by atoms with Gasteiger partial charge in [-0.3, -0.25) is 4.79 Å². The Morgan fingerprint density at radius 3 is 2.66 bits per heavy atom. The van der Waals surface area contributed by atoms with Gasteiger partial charge in [0.05, 0.1) is 9.72 Å². The first-order valence-electron chi connectivity index (χ1n) is 9.70. The monoisotopic (exact) mass is 481 g/mol. The topological polar surface area (TPSA) is 88.3 Å². The van der Waals surface area contributed by atoms with Gasteiger partial charge in [0.15, 0.2) is 10.8 Å². The van der Waals surface area contributed by atoms with Gasteiger partial charge >= 0.3 is 6.18 Å². The molecule has 1 saturated heterocycles. The molecule has 1 aromatic carbocycles. The fourth-order valence-corrected chi connectivity index (χ4v) is 4.84. The number of anilines is 2. The van der Waals surface area contributed by atoms with Crippen LogP contribution in [0.5, 0.6) is 0 Å². The molecule has 0 unspecified atom stereocenters. The third kappa shape index (κ3) is 3.84. The number of aromatic nitrogens is 5. The maximum atomic E-state index is 13.1. The molecular weight excluding hydrogens is 467 g/mol. The molecule has 5 rings (SSSR count). The van der Waals surface area contributed by atoms with Crippen molar-refractivity contribution in [2.24, 2.45) is 5.92 Å². The predicted octanol–water partition coefficient (Wildman–Crippen LogP) is 4.26. The fraction of sp³-hybridized carbons (Fsp3) is 0.316. The van der Waals surface area contributed by atoms with Crippen molar-refractivity contribution in [2.75, 3.05) is 23.3 Å². The maximum Gasteiger partial charge on any atom is 0.453 e. The zero-order valence-corrected chi connectivity index (χ0v) is 17.9. The molecule has 1 amide bonds. The minimum Gasteiger partial charge on any atom is -0.355 e. The molecule has 0 saturated carbocycles. The second kappa shape index (κ2) is 7.85. The predicted molar refractivity (Wildman–Crippen MR) is 114 cm³/mol. The van der Waals surface area contributed by atoms with E-state index in [1.54, 1.807) is 12.1 Å². The normalized spacial score (nSPS) is 15.6. The molecule has 0 atom stereocenters. The number of nitrogens with one attached hydrogen (secondary N) is 1. The van der Waals surface area contributed by atoms with E-state index in [0.29, 0.717) is 51.9 Å². The van der Waals surface area contributed by atoms with E-state index in [2.05, 4.69) is 25.6 Å². The lowest BCUT2D eigenvalue weighted by atomic mass is 9.96. The molecule has 1 aliphatic heterocycles. The Labute approximate surface area is 188 Å². The van der Waals surface area contributed by atoms with Crippen LogP contribution in [0.3, 0.4) is 0 Å². The van der Waals surface area contributed by atoms with Gasteiger partial charge in [-0.05, 0) is 37.1 Å². The van der Waals surface area contributed by atoms with Crippen LogP contribution < -0.4 is 10.2 Å². The van der Waals surface area contributed by atoms with E-state index >= 15 is 0 Å². The van der Waals surface area contributed by atoms with Crippen molar-refractivity contribution in [3.63, 3.8) is 0 Å². The number of para-hydroxylation sites is 1. The largest absolute Gasteiger partial charge is 0.453 e. The highest BCUT2D eigenvalue weighted by Gasteiger charge is 2.38. The van der Waals surface area contributed by atoms with Crippen molar-refractivity contribution in [2.45, 2.75) is 19.0 Å². The molecule has 8 nitrogen and oxygen atoms in total. The summed E-state index contributed by atoms with van der Waals surface area (Å²) in [5.74, 6) is -1.17. The Kier molecular flexibility index (Phi) is 5.13. The Morgan fingerprint density at radius 2 is 1.94 bits per heavy atom. The number of halogens is 4. The second-order valence-corrected chi connectivity index (χ2v) is 8.78. The average Bonchev–Trinajstić information content (AvgIpc) is 3.37. The number of hydrogen-bond acceptors (Lipinski definition) is 7. The van der Waals surface area contributed by atoms with Crippen LogP contribution in [0.15, 0.2) is 30.3 Å². The van der Waals surface area contributed by atoms with E-state index < -0.39 is 12.0 Å². The van der Waals surface area contributed by atoms with Gasteiger partial charge in [0.2, 0.25) is 5.91 Å². The van der Waals surface area contributed by atoms with Gasteiger partial charge in [0.25, 0.3) is 5.82 Å². The van der Waals surface area contributed by atoms with Gasteiger partial charge in [-0.2, -0.15) is 17.7 Å². The number of piperidine rings is 1. The van der Waals surface area contributed by atoms with Crippen LogP contribution in [-0.2, 0) is 11.0 Å². The Morgan fingerprint density at radius 1 is 1.16 bits per heavy atom. The standard InChI is InChI=1S/C19H15ClF3N7OS/c20-11-2-1-3-12-15(11)24-18(32-12)25-16(31)10-6-8-29(9-7-10)14-5-4-13-26-27-17(19(21,22)23)30(13)28-14/h1-5,10H,6-9H2,(H,24,25,31). The number of rotatable bonds is 3. The van der Waals surface area contributed by atoms with E-state index in [1.165, 1.54) is 17.4 Å². The Bertz CT molecular complexity index is 1310. The highest BCUT2D eigenvalue weighted by atomic mass is 35.5. The number of thiazole rings is 1. The van der Waals surface area contributed by atoms with Gasteiger partial charge in [-0.1, -0.05) is 29.0 Å². The highest BCUT2D eigenvalue weighted by Crippen LogP contribution is 2.32. The molecule has 13 heteroatoms. The number of amides is 1. The van der Waals surface area contributed by atoms with Gasteiger partial charge in [-0.15, -0.1) is 15.3 Å². The lowest BCUT2D eigenvalue weighted by molar-refractivity contribution is -0.146. The molecule has 32 heavy (non-hydrogen) atoms. The highest BCUT2D eigenvalue weighted by molar-refractivity contribution is 7.22. The number of carbonyl (C=O) groups excluding carboxylic acids is 1. The van der Waals surface area contributed by atoms with Crippen LogP contribution in [0.25, 0.3) is 15.9 Å². The molecule has 4 aromatic rings. The van der Waals surface area contributed by atoms with Crippen LogP contribution in [-0.4, -0.2) is 43.8 Å². The molecule has 0 bridgehead atoms. The summed E-state index contributed by atoms with van der Waals surface area (Å²) in [6, 6.07) is 8.51. The molecule has 1 N–H and O–H groups in total. The fourth-order valence-electron chi connectivity index (χ4n) is 3.67. The summed E-state index contributed by atoms with van der Waals surface area (Å²) in [5.41, 5.74) is 0.671. The molecule has 0 radical (unpaired) electrons. The van der Waals surface area contributed by atoms with Crippen molar-refractivity contribution >= 4 is 55.7 Å². The van der Waals surface area contributed by atoms with Crippen LogP contribution >= 0.6 is 22.9 Å². The van der Waals surface area contributed by atoms with Gasteiger partial charge in [0.1, 0.15) is 11.3 Å². The Balaban J connectivity index is 1.26. The van der Waals surface area contributed by atoms with Crippen LogP contribution in [0.2, 0.25) is 5.02 Å². The number of benzene rings is 1. The maximum absolute atomic E-state index is 13.1. The number of carbonyl (C=O) groups is 1. The molecular formula is C19H15ClF3N7OS. The molecule has 4 heterocycles. The summed E-state index contributed by atoms with van der Waals surface area (Å²) in [6.07, 6.45) is -3.59. The van der Waals surface area contributed by atoms with Gasteiger partial charge in [-0.25, -0.2) is 4.98 Å². The van der Waals surface area contributed by atoms with Crippen molar-refractivity contribution in [1.29, 1.82) is 0 Å². The Hall–Kier alpha value is -2.99. The van der Waals surface area contributed by atoms with Crippen molar-refractivity contribution in [3.05, 3.63) is 41.2 Å². The SMILES string of the molecule is O=C(Nc1nc2c(Cl)cccc2s1)C1CCN(c2ccc3nnc(C(F)(F)F)n3n2)CC1. The molecule has 0 spiro atoms. The van der Waals surface area contributed by atoms with E-state index in [9.17, 15) is 18.0 Å². The van der Waals surface area contributed by atoms with Gasteiger partial charge < -0.3 is 10.2 Å². The quantitative estimate of drug-likeness (QED) is 0.470. The van der Waals surface area contributed by atoms with Crippen LogP contribution in [0.1, 0.15) is 18.7 Å². The lowest BCUT2D eigenvalue weighted by Gasteiger charge is -2.31. The first-order chi connectivity index (χ1) is 15.3. The van der Waals surface area contributed by atoms with Crippen LogP contribution in [0, 0.1) is 5.92 Å². The lowest BCUT2D eigenvalue weighted by Crippen LogP contribution is -2.38. The third-order valence-electron chi connectivity index (χ3n) is 5.29. The average molecular weight is 482 g/mol. The number of nitrogens with zero attached hydrogens (tertiary/aromatic N) is 6. The number of alkyl halides is 3. The van der Waals surface area contributed by atoms with Gasteiger partial charge in [0, 0.05) is 19.0 Å². The van der Waals surface area contributed by atoms with E-state index in [1.807, 2.05) is 17.0 Å². The summed E-state index contributed by atoms with van der Waals surface area (Å²) in [6.45, 7) is 0.956. The minimum absolute atomic E-state index is 0.0197. The van der Waals surface area contributed by atoms with Crippen molar-refractivity contribution in [3.8, 4) is 0 Å². The molecule has 3 aromatic heterocycles. The molecule has 0 aliphatic carbocycles. The summed E-state index contributed by atoms with van der Waals surface area (Å²) >= 11 is 7.49. The number of hydrogen-bond donors (Lipinski definition) is 1. The first-order valence-corrected chi connectivity index (χ1v) is 10.9. The third-order valence-corrected chi connectivity index (χ3v) is 6.53. The van der Waals surface area contributed by atoms with E-state index in [0.717, 1.165) is 4.70 Å². The summed E-state index contributed by atoms with van der Waals surface area (Å²) in [5, 5.41) is 14.6. The number of fused-ring (bicyclic) bond motifs is 2. The first kappa shape index (κ1) is 20.9. The van der Waals surface area contributed by atoms with Crippen LogP contribution in [0.4, 0.5) is 24.1 Å². The molecule has 1 aliphatic rings. The molecule has 166 valence electrons. The summed E-state index contributed by atoms with van der Waals surface area (Å²) in [7, 11) is 0. The summed E-state index contributed by atoms with van der Waals surface area (Å²) < 4.78 is 40.9. The molecule has 1 fully saturated rings. The van der Waals surface area contributed by atoms with E-state index in [-0.39, 0.29) is 17.5 Å². The summed E-state index contributed by atoms with van der Waals surface area (Å²) in [4.78, 5) is 18.9.